The van der Waals surface area contributed by atoms with Crippen LogP contribution in [0.5, 0.6) is 0 Å². The fourth-order valence-corrected chi connectivity index (χ4v) is 5.94. The summed E-state index contributed by atoms with van der Waals surface area (Å²) in [5.74, 6) is 2.02. The number of rotatable bonds is 3. The van der Waals surface area contributed by atoms with E-state index in [4.69, 9.17) is 0 Å². The molecule has 0 saturated heterocycles. The lowest BCUT2D eigenvalue weighted by atomic mass is 9.50. The van der Waals surface area contributed by atoms with E-state index in [1.54, 1.807) is 0 Å². The first-order valence-electron chi connectivity index (χ1n) is 9.96. The first kappa shape index (κ1) is 17.3. The van der Waals surface area contributed by atoms with Gasteiger partial charge >= 0.3 is 7.12 Å². The Morgan fingerprint density at radius 2 is 1.30 bits per heavy atom. The minimum atomic E-state index is -1.32. The van der Waals surface area contributed by atoms with Crippen molar-refractivity contribution in [1.82, 2.24) is 0 Å². The molecule has 0 aromatic rings. The van der Waals surface area contributed by atoms with Crippen LogP contribution in [0.15, 0.2) is 0 Å². The molecule has 4 atom stereocenters. The zero-order chi connectivity index (χ0) is 16.2. The summed E-state index contributed by atoms with van der Waals surface area (Å²) in [6.07, 6.45) is 15.1. The maximum absolute atomic E-state index is 9.92. The Kier molecular flexibility index (Phi) is 6.04. The van der Waals surface area contributed by atoms with Crippen LogP contribution in [0.2, 0.25) is 5.82 Å². The SMILES string of the molecule is N#CC1C(B(O)O)CC(C2CCCCC2)CC1C1CCCCC1. The van der Waals surface area contributed by atoms with Gasteiger partial charge in [-0.1, -0.05) is 64.2 Å². The molecule has 0 amide bonds. The monoisotopic (exact) mass is 317 g/mol. The van der Waals surface area contributed by atoms with Gasteiger partial charge in [0.05, 0.1) is 12.0 Å². The third-order valence-corrected chi connectivity index (χ3v) is 7.18. The van der Waals surface area contributed by atoms with Gasteiger partial charge in [-0.05, 0) is 36.5 Å². The summed E-state index contributed by atoms with van der Waals surface area (Å²) in [6.45, 7) is 0. The standard InChI is InChI=1S/C19H32BNO2/c21-13-18-17(15-9-5-2-6-10-15)11-16(12-19(18)20(22)23)14-7-3-1-4-8-14/h14-19,22-23H,1-12H2. The van der Waals surface area contributed by atoms with Crippen LogP contribution in [0.25, 0.3) is 0 Å². The van der Waals surface area contributed by atoms with Crippen LogP contribution < -0.4 is 0 Å². The van der Waals surface area contributed by atoms with E-state index in [0.717, 1.165) is 18.8 Å². The fraction of sp³-hybridized carbons (Fsp3) is 0.947. The van der Waals surface area contributed by atoms with Gasteiger partial charge in [-0.15, -0.1) is 0 Å². The lowest BCUT2D eigenvalue weighted by molar-refractivity contribution is 0.0762. The molecule has 0 radical (unpaired) electrons. The maximum Gasteiger partial charge on any atom is 0.456 e. The molecular formula is C19H32BNO2. The summed E-state index contributed by atoms with van der Waals surface area (Å²) in [4.78, 5) is 0. The lowest BCUT2D eigenvalue weighted by Gasteiger charge is -2.46. The van der Waals surface area contributed by atoms with Gasteiger partial charge < -0.3 is 10.0 Å². The van der Waals surface area contributed by atoms with Gasteiger partial charge in [0.2, 0.25) is 0 Å². The molecule has 4 unspecified atom stereocenters. The van der Waals surface area contributed by atoms with Crippen LogP contribution in [0.4, 0.5) is 0 Å². The Morgan fingerprint density at radius 1 is 0.739 bits per heavy atom. The van der Waals surface area contributed by atoms with E-state index in [1.165, 1.54) is 64.2 Å². The molecule has 0 bridgehead atoms. The molecule has 0 aromatic heterocycles. The van der Waals surface area contributed by atoms with Crippen molar-refractivity contribution in [1.29, 1.82) is 5.26 Å². The largest absolute Gasteiger partial charge is 0.456 e. The van der Waals surface area contributed by atoms with E-state index in [9.17, 15) is 15.3 Å². The second-order valence-corrected chi connectivity index (χ2v) is 8.42. The van der Waals surface area contributed by atoms with Crippen LogP contribution in [0.3, 0.4) is 0 Å². The summed E-state index contributed by atoms with van der Waals surface area (Å²) in [6, 6.07) is 2.49. The molecule has 3 aliphatic rings. The number of nitriles is 1. The van der Waals surface area contributed by atoms with Crippen molar-refractivity contribution in [2.75, 3.05) is 0 Å². The number of hydrogen-bond donors (Lipinski definition) is 2. The van der Waals surface area contributed by atoms with E-state index >= 15 is 0 Å². The van der Waals surface area contributed by atoms with Gasteiger partial charge in [-0.2, -0.15) is 5.26 Å². The topological polar surface area (TPSA) is 64.2 Å². The van der Waals surface area contributed by atoms with E-state index in [2.05, 4.69) is 6.07 Å². The molecule has 3 saturated carbocycles. The molecule has 23 heavy (non-hydrogen) atoms. The first-order chi connectivity index (χ1) is 11.2. The molecule has 128 valence electrons. The summed E-state index contributed by atoms with van der Waals surface area (Å²) < 4.78 is 0. The summed E-state index contributed by atoms with van der Waals surface area (Å²) >= 11 is 0. The Morgan fingerprint density at radius 3 is 1.83 bits per heavy atom. The van der Waals surface area contributed by atoms with Crippen molar-refractivity contribution in [2.45, 2.75) is 82.9 Å². The summed E-state index contributed by atoms with van der Waals surface area (Å²) in [5.41, 5.74) is 0. The molecule has 4 heteroatoms. The molecule has 0 heterocycles. The third kappa shape index (κ3) is 3.94. The second-order valence-electron chi connectivity index (χ2n) is 8.42. The number of nitrogens with zero attached hydrogens (tertiary/aromatic N) is 1. The zero-order valence-corrected chi connectivity index (χ0v) is 14.4. The van der Waals surface area contributed by atoms with Gasteiger partial charge in [0.1, 0.15) is 0 Å². The average molecular weight is 317 g/mol. The van der Waals surface area contributed by atoms with Crippen molar-refractivity contribution in [3.05, 3.63) is 0 Å². The van der Waals surface area contributed by atoms with Crippen LogP contribution in [0.1, 0.15) is 77.0 Å². The predicted molar refractivity (Wildman–Crippen MR) is 92.4 cm³/mol. The van der Waals surface area contributed by atoms with E-state index in [1.807, 2.05) is 0 Å². The molecule has 3 rings (SSSR count). The first-order valence-corrected chi connectivity index (χ1v) is 9.96. The minimum absolute atomic E-state index is 0.155. The van der Waals surface area contributed by atoms with Crippen molar-refractivity contribution in [3.63, 3.8) is 0 Å². The molecular weight excluding hydrogens is 285 g/mol. The zero-order valence-electron chi connectivity index (χ0n) is 14.4. The maximum atomic E-state index is 9.92. The van der Waals surface area contributed by atoms with Crippen molar-refractivity contribution in [3.8, 4) is 6.07 Å². The number of hydrogen-bond acceptors (Lipinski definition) is 3. The Balaban J connectivity index is 1.77. The Labute approximate surface area is 141 Å². The normalized spacial score (nSPS) is 37.3. The van der Waals surface area contributed by atoms with E-state index in [-0.39, 0.29) is 11.7 Å². The predicted octanol–water partition coefficient (Wildman–Crippen LogP) is 4.16. The highest BCUT2D eigenvalue weighted by atomic mass is 16.4. The smallest absolute Gasteiger partial charge is 0.427 e. The lowest BCUT2D eigenvalue weighted by Crippen LogP contribution is -2.42. The van der Waals surface area contributed by atoms with Gasteiger partial charge in [0, 0.05) is 5.82 Å². The second kappa shape index (κ2) is 8.03. The fourth-order valence-electron chi connectivity index (χ4n) is 5.94. The van der Waals surface area contributed by atoms with Crippen LogP contribution in [-0.4, -0.2) is 17.2 Å². The van der Waals surface area contributed by atoms with Crippen LogP contribution in [0, 0.1) is 40.9 Å². The minimum Gasteiger partial charge on any atom is -0.427 e. The van der Waals surface area contributed by atoms with E-state index < -0.39 is 7.12 Å². The summed E-state index contributed by atoms with van der Waals surface area (Å²) in [7, 11) is -1.32. The summed E-state index contributed by atoms with van der Waals surface area (Å²) in [5, 5.41) is 29.6. The van der Waals surface area contributed by atoms with E-state index in [0.29, 0.717) is 17.8 Å². The van der Waals surface area contributed by atoms with Crippen LogP contribution >= 0.6 is 0 Å². The van der Waals surface area contributed by atoms with Crippen molar-refractivity contribution < 1.29 is 10.0 Å². The van der Waals surface area contributed by atoms with Crippen molar-refractivity contribution in [2.24, 2.45) is 29.6 Å². The highest BCUT2D eigenvalue weighted by molar-refractivity contribution is 6.43. The molecule has 3 nitrogen and oxygen atoms in total. The molecule has 2 N–H and O–H groups in total. The molecule has 0 spiro atoms. The highest BCUT2D eigenvalue weighted by Gasteiger charge is 2.47. The quantitative estimate of drug-likeness (QED) is 0.768. The molecule has 3 fully saturated rings. The van der Waals surface area contributed by atoms with Gasteiger partial charge in [0.25, 0.3) is 0 Å². The van der Waals surface area contributed by atoms with Gasteiger partial charge in [-0.25, -0.2) is 0 Å². The Hall–Kier alpha value is -0.525. The molecule has 0 aliphatic heterocycles. The van der Waals surface area contributed by atoms with Crippen molar-refractivity contribution >= 4 is 7.12 Å². The third-order valence-electron chi connectivity index (χ3n) is 7.18. The molecule has 3 aliphatic carbocycles. The Bertz CT molecular complexity index is 410. The van der Waals surface area contributed by atoms with Gasteiger partial charge in [0.15, 0.2) is 0 Å². The van der Waals surface area contributed by atoms with Gasteiger partial charge in [-0.3, -0.25) is 0 Å². The average Bonchev–Trinajstić information content (AvgIpc) is 2.62. The molecule has 0 aromatic carbocycles. The highest BCUT2D eigenvalue weighted by Crippen LogP contribution is 2.52. The van der Waals surface area contributed by atoms with Crippen LogP contribution in [-0.2, 0) is 0 Å².